The highest BCUT2D eigenvalue weighted by Crippen LogP contribution is 2.40. The summed E-state index contributed by atoms with van der Waals surface area (Å²) in [5.41, 5.74) is 3.91. The van der Waals surface area contributed by atoms with Gasteiger partial charge in [-0.15, -0.1) is 0 Å². The van der Waals surface area contributed by atoms with Crippen molar-refractivity contribution >= 4 is 39.2 Å². The summed E-state index contributed by atoms with van der Waals surface area (Å²) >= 11 is 3.47. The lowest BCUT2D eigenvalue weighted by Crippen LogP contribution is -2.03. The maximum absolute atomic E-state index is 12.2. The molecular weight excluding hydrogens is 346 g/mol. The molecule has 1 heterocycles. The lowest BCUT2D eigenvalue weighted by molar-refractivity contribution is -0.110. The van der Waals surface area contributed by atoms with Crippen LogP contribution in [0.1, 0.15) is 22.3 Å². The van der Waals surface area contributed by atoms with Crippen LogP contribution in [-0.4, -0.2) is 16.1 Å². The molecule has 0 saturated heterocycles. The van der Waals surface area contributed by atoms with E-state index in [1.54, 1.807) is 19.1 Å². The number of fused-ring (bicyclic) bond motifs is 1. The van der Waals surface area contributed by atoms with Gasteiger partial charge in [0.1, 0.15) is 11.5 Å². The molecule has 3 rings (SSSR count). The van der Waals surface area contributed by atoms with Gasteiger partial charge in [0, 0.05) is 26.9 Å². The first-order valence-corrected chi connectivity index (χ1v) is 7.53. The third kappa shape index (κ3) is 2.18. The number of anilines is 1. The highest BCUT2D eigenvalue weighted by molar-refractivity contribution is 9.10. The van der Waals surface area contributed by atoms with Gasteiger partial charge in [-0.1, -0.05) is 15.9 Å². The van der Waals surface area contributed by atoms with Gasteiger partial charge in [-0.05, 0) is 49.8 Å². The molecule has 2 aromatic rings. The zero-order chi connectivity index (χ0) is 16.0. The van der Waals surface area contributed by atoms with Crippen molar-refractivity contribution in [2.45, 2.75) is 13.8 Å². The van der Waals surface area contributed by atoms with E-state index in [1.165, 1.54) is 6.07 Å². The van der Waals surface area contributed by atoms with E-state index < -0.39 is 0 Å². The van der Waals surface area contributed by atoms with Crippen LogP contribution in [-0.2, 0) is 4.79 Å². The summed E-state index contributed by atoms with van der Waals surface area (Å²) in [6.07, 6.45) is 1.64. The van der Waals surface area contributed by atoms with E-state index in [2.05, 4.69) is 21.2 Å². The Morgan fingerprint density at radius 1 is 1.09 bits per heavy atom. The second kappa shape index (κ2) is 5.18. The minimum atomic E-state index is -0.207. The molecule has 1 amide bonds. The van der Waals surface area contributed by atoms with E-state index in [0.29, 0.717) is 16.7 Å². The number of nitrogens with one attached hydrogen (secondary N) is 1. The van der Waals surface area contributed by atoms with Crippen LogP contribution in [0.25, 0.3) is 11.6 Å². The average molecular weight is 360 g/mol. The zero-order valence-corrected chi connectivity index (χ0v) is 13.7. The smallest absolute Gasteiger partial charge is 0.256 e. The van der Waals surface area contributed by atoms with Gasteiger partial charge in [0.05, 0.1) is 5.57 Å². The summed E-state index contributed by atoms with van der Waals surface area (Å²) in [4.78, 5) is 12.2. The van der Waals surface area contributed by atoms with Gasteiger partial charge < -0.3 is 15.5 Å². The number of rotatable bonds is 1. The fraction of sp³-hybridized carbons (Fsp3) is 0.118. The number of amides is 1. The highest BCUT2D eigenvalue weighted by Gasteiger charge is 2.27. The zero-order valence-electron chi connectivity index (χ0n) is 12.1. The molecule has 0 atom stereocenters. The number of phenols is 2. The van der Waals surface area contributed by atoms with Crippen molar-refractivity contribution < 1.29 is 15.0 Å². The molecule has 1 aliphatic heterocycles. The fourth-order valence-corrected chi connectivity index (χ4v) is 2.89. The maximum Gasteiger partial charge on any atom is 0.256 e. The number of benzene rings is 2. The van der Waals surface area contributed by atoms with Crippen molar-refractivity contribution in [2.75, 3.05) is 5.32 Å². The first kappa shape index (κ1) is 14.7. The molecule has 22 heavy (non-hydrogen) atoms. The Balaban J connectivity index is 2.21. The van der Waals surface area contributed by atoms with Crippen molar-refractivity contribution in [3.05, 3.63) is 51.0 Å². The number of hydrogen-bond donors (Lipinski definition) is 3. The predicted molar refractivity (Wildman–Crippen MR) is 89.9 cm³/mol. The van der Waals surface area contributed by atoms with E-state index in [-0.39, 0.29) is 17.4 Å². The van der Waals surface area contributed by atoms with E-state index >= 15 is 0 Å². The first-order chi connectivity index (χ1) is 10.4. The third-order valence-corrected chi connectivity index (χ3v) is 4.75. The quantitative estimate of drug-likeness (QED) is 0.674. The molecule has 0 radical (unpaired) electrons. The highest BCUT2D eigenvalue weighted by atomic mass is 79.9. The van der Waals surface area contributed by atoms with Gasteiger partial charge in [-0.2, -0.15) is 0 Å². The van der Waals surface area contributed by atoms with Crippen molar-refractivity contribution in [3.8, 4) is 11.5 Å². The molecule has 0 aromatic heterocycles. The van der Waals surface area contributed by atoms with Crippen LogP contribution in [0, 0.1) is 13.8 Å². The molecule has 0 fully saturated rings. The van der Waals surface area contributed by atoms with Gasteiger partial charge in [0.15, 0.2) is 0 Å². The summed E-state index contributed by atoms with van der Waals surface area (Å²) in [6, 6.07) is 6.82. The van der Waals surface area contributed by atoms with Gasteiger partial charge in [0.2, 0.25) is 0 Å². The number of carbonyl (C=O) groups excluding carboxylic acids is 1. The van der Waals surface area contributed by atoms with Crippen molar-refractivity contribution in [2.24, 2.45) is 0 Å². The minimum absolute atomic E-state index is 0.0230. The molecule has 0 unspecified atom stereocenters. The van der Waals surface area contributed by atoms with Gasteiger partial charge in [0.25, 0.3) is 5.91 Å². The lowest BCUT2D eigenvalue weighted by atomic mass is 9.98. The normalized spacial score (nSPS) is 15.0. The first-order valence-electron chi connectivity index (χ1n) is 6.74. The SMILES string of the molecule is Cc1c(O)ccc(C=C2C(=O)Nc3ccc(Br)c(C)c32)c1O. The average Bonchev–Trinajstić information content (AvgIpc) is 2.80. The van der Waals surface area contributed by atoms with Crippen LogP contribution in [0.5, 0.6) is 11.5 Å². The van der Waals surface area contributed by atoms with Crippen molar-refractivity contribution in [1.29, 1.82) is 0 Å². The second-order valence-corrected chi connectivity index (χ2v) is 6.11. The van der Waals surface area contributed by atoms with E-state index in [4.69, 9.17) is 0 Å². The van der Waals surface area contributed by atoms with E-state index in [9.17, 15) is 15.0 Å². The molecule has 4 nitrogen and oxygen atoms in total. The van der Waals surface area contributed by atoms with E-state index in [1.807, 2.05) is 19.1 Å². The predicted octanol–water partition coefficient (Wildman–Crippen LogP) is 3.97. The van der Waals surface area contributed by atoms with Crippen LogP contribution >= 0.6 is 15.9 Å². The number of halogens is 1. The van der Waals surface area contributed by atoms with Crippen LogP contribution in [0.15, 0.2) is 28.7 Å². The summed E-state index contributed by atoms with van der Waals surface area (Å²) < 4.78 is 0.916. The minimum Gasteiger partial charge on any atom is -0.508 e. The Hall–Kier alpha value is -2.27. The Morgan fingerprint density at radius 2 is 1.82 bits per heavy atom. The van der Waals surface area contributed by atoms with Crippen LogP contribution in [0.4, 0.5) is 5.69 Å². The molecule has 3 N–H and O–H groups in total. The fourth-order valence-electron chi connectivity index (χ4n) is 2.56. The van der Waals surface area contributed by atoms with Crippen molar-refractivity contribution in [3.63, 3.8) is 0 Å². The molecule has 1 aliphatic rings. The Bertz CT molecular complexity index is 840. The largest absolute Gasteiger partial charge is 0.508 e. The summed E-state index contributed by atoms with van der Waals surface area (Å²) in [5.74, 6) is -0.211. The number of phenolic OH excluding ortho intramolecular Hbond substituents is 2. The maximum atomic E-state index is 12.2. The molecule has 5 heteroatoms. The molecular formula is C17H14BrNO3. The monoisotopic (exact) mass is 359 g/mol. The Kier molecular flexibility index (Phi) is 3.45. The number of carbonyl (C=O) groups is 1. The number of hydrogen-bond acceptors (Lipinski definition) is 3. The Labute approximate surface area is 136 Å². The molecule has 0 aliphatic carbocycles. The molecule has 0 saturated carbocycles. The second-order valence-electron chi connectivity index (χ2n) is 5.25. The van der Waals surface area contributed by atoms with Gasteiger partial charge >= 0.3 is 0 Å². The molecule has 112 valence electrons. The van der Waals surface area contributed by atoms with Crippen LogP contribution < -0.4 is 5.32 Å². The van der Waals surface area contributed by atoms with E-state index in [0.717, 1.165) is 21.3 Å². The van der Waals surface area contributed by atoms with Crippen LogP contribution in [0.3, 0.4) is 0 Å². The Morgan fingerprint density at radius 3 is 2.55 bits per heavy atom. The van der Waals surface area contributed by atoms with Gasteiger partial charge in [-0.25, -0.2) is 0 Å². The van der Waals surface area contributed by atoms with Gasteiger partial charge in [-0.3, -0.25) is 4.79 Å². The molecule has 0 bridgehead atoms. The topological polar surface area (TPSA) is 69.6 Å². The number of aromatic hydroxyl groups is 2. The molecule has 2 aromatic carbocycles. The standard InChI is InChI=1S/C17H14BrNO3/c1-8-12(18)4-5-13-15(8)11(17(22)19-13)7-10-3-6-14(20)9(2)16(10)21/h3-7,20-21H,1-2H3,(H,19,22). The third-order valence-electron chi connectivity index (χ3n) is 3.89. The van der Waals surface area contributed by atoms with Crippen molar-refractivity contribution in [1.82, 2.24) is 0 Å². The summed E-state index contributed by atoms with van der Waals surface area (Å²) in [6.45, 7) is 3.55. The summed E-state index contributed by atoms with van der Waals surface area (Å²) in [5, 5.41) is 22.6. The lowest BCUT2D eigenvalue weighted by Gasteiger charge is -2.08. The summed E-state index contributed by atoms with van der Waals surface area (Å²) in [7, 11) is 0. The van der Waals surface area contributed by atoms with Crippen LogP contribution in [0.2, 0.25) is 0 Å². The molecule has 0 spiro atoms.